The molecule has 0 spiro atoms. The molecule has 0 saturated carbocycles. The maximum Gasteiger partial charge on any atom is 0.407 e. The Morgan fingerprint density at radius 2 is 1.94 bits per heavy atom. The van der Waals surface area contributed by atoms with E-state index in [1.807, 2.05) is 0 Å². The first kappa shape index (κ1) is 15.7. The molecule has 1 amide bonds. The largest absolute Gasteiger partial charge is 0.481 e. The van der Waals surface area contributed by atoms with Gasteiger partial charge in [0.05, 0.1) is 6.10 Å². The number of rotatable bonds is 6. The Morgan fingerprint density at radius 3 is 2.35 bits per heavy atom. The third kappa shape index (κ3) is 9.62. The van der Waals surface area contributed by atoms with Gasteiger partial charge in [-0.3, -0.25) is 4.79 Å². The summed E-state index contributed by atoms with van der Waals surface area (Å²) in [5.41, 5.74) is -0.548. The summed E-state index contributed by atoms with van der Waals surface area (Å²) in [6, 6.07) is 0. The molecule has 0 aromatic heterocycles. The van der Waals surface area contributed by atoms with Crippen molar-refractivity contribution in [1.29, 1.82) is 0 Å². The van der Waals surface area contributed by atoms with Crippen LogP contribution < -0.4 is 5.32 Å². The molecule has 6 nitrogen and oxygen atoms in total. The summed E-state index contributed by atoms with van der Waals surface area (Å²) in [6.45, 7) is 5.54. The first-order valence-electron chi connectivity index (χ1n) is 5.46. The van der Waals surface area contributed by atoms with E-state index in [1.165, 1.54) is 7.11 Å². The number of hydrogen-bond donors (Lipinski definition) is 2. The van der Waals surface area contributed by atoms with Crippen molar-refractivity contribution in [3.8, 4) is 0 Å². The Balaban J connectivity index is 3.90. The van der Waals surface area contributed by atoms with E-state index in [0.717, 1.165) is 0 Å². The third-order valence-electron chi connectivity index (χ3n) is 1.89. The standard InChI is InChI=1S/C11H21NO5/c1-11(2,3)17-10(15)12-7-8(16-4)5-6-9(13)14/h8H,5-7H2,1-4H3,(H,12,15)(H,13,14). The number of hydrogen-bond acceptors (Lipinski definition) is 4. The molecule has 0 fully saturated rings. The van der Waals surface area contributed by atoms with E-state index in [2.05, 4.69) is 5.32 Å². The minimum atomic E-state index is -0.885. The van der Waals surface area contributed by atoms with E-state index in [1.54, 1.807) is 20.8 Å². The van der Waals surface area contributed by atoms with Gasteiger partial charge in [0.15, 0.2) is 0 Å². The van der Waals surface area contributed by atoms with Crippen molar-refractivity contribution in [3.63, 3.8) is 0 Å². The molecule has 1 atom stereocenters. The number of methoxy groups -OCH3 is 1. The highest BCUT2D eigenvalue weighted by atomic mass is 16.6. The minimum absolute atomic E-state index is 0.00844. The molecule has 0 aliphatic rings. The highest BCUT2D eigenvalue weighted by Crippen LogP contribution is 2.07. The Hall–Kier alpha value is -1.30. The Labute approximate surface area is 101 Å². The van der Waals surface area contributed by atoms with Gasteiger partial charge in [0, 0.05) is 20.1 Å². The van der Waals surface area contributed by atoms with Crippen LogP contribution in [0.1, 0.15) is 33.6 Å². The fourth-order valence-electron chi connectivity index (χ4n) is 1.10. The lowest BCUT2D eigenvalue weighted by atomic mass is 10.2. The van der Waals surface area contributed by atoms with Gasteiger partial charge in [0.2, 0.25) is 0 Å². The van der Waals surface area contributed by atoms with Crippen molar-refractivity contribution in [1.82, 2.24) is 5.32 Å². The van der Waals surface area contributed by atoms with Gasteiger partial charge in [-0.15, -0.1) is 0 Å². The van der Waals surface area contributed by atoms with Crippen molar-refractivity contribution in [2.45, 2.75) is 45.3 Å². The first-order valence-corrected chi connectivity index (χ1v) is 5.46. The predicted octanol–water partition coefficient (Wildman–Crippen LogP) is 1.39. The lowest BCUT2D eigenvalue weighted by Gasteiger charge is -2.21. The summed E-state index contributed by atoms with van der Waals surface area (Å²) < 4.78 is 10.1. The molecule has 6 heteroatoms. The molecule has 0 aliphatic heterocycles. The van der Waals surface area contributed by atoms with Crippen molar-refractivity contribution in [3.05, 3.63) is 0 Å². The number of amides is 1. The zero-order valence-electron chi connectivity index (χ0n) is 10.8. The second-order valence-electron chi connectivity index (χ2n) is 4.67. The van der Waals surface area contributed by atoms with Gasteiger partial charge >= 0.3 is 12.1 Å². The van der Waals surface area contributed by atoms with Crippen LogP contribution in [0.15, 0.2) is 0 Å². The Kier molecular flexibility index (Phi) is 6.57. The van der Waals surface area contributed by atoms with E-state index in [4.69, 9.17) is 14.6 Å². The zero-order chi connectivity index (χ0) is 13.5. The predicted molar refractivity (Wildman–Crippen MR) is 61.9 cm³/mol. The van der Waals surface area contributed by atoms with Crippen molar-refractivity contribution >= 4 is 12.1 Å². The fourth-order valence-corrected chi connectivity index (χ4v) is 1.10. The number of carboxylic acid groups (broad SMARTS) is 1. The molecule has 17 heavy (non-hydrogen) atoms. The molecule has 0 saturated heterocycles. The molecule has 0 rings (SSSR count). The maximum absolute atomic E-state index is 11.3. The van der Waals surface area contributed by atoms with E-state index in [9.17, 15) is 9.59 Å². The van der Waals surface area contributed by atoms with E-state index in [0.29, 0.717) is 6.42 Å². The highest BCUT2D eigenvalue weighted by molar-refractivity contribution is 5.68. The van der Waals surface area contributed by atoms with Crippen LogP contribution in [0.3, 0.4) is 0 Å². The zero-order valence-corrected chi connectivity index (χ0v) is 10.8. The molecule has 0 aromatic carbocycles. The van der Waals surface area contributed by atoms with Gasteiger partial charge in [-0.05, 0) is 27.2 Å². The molecule has 0 bridgehead atoms. The van der Waals surface area contributed by atoms with Crippen molar-refractivity contribution in [2.24, 2.45) is 0 Å². The molecule has 0 aromatic rings. The SMILES string of the molecule is COC(CCC(=O)O)CNC(=O)OC(C)(C)C. The normalized spacial score (nSPS) is 12.9. The second kappa shape index (κ2) is 7.11. The smallest absolute Gasteiger partial charge is 0.407 e. The van der Waals surface area contributed by atoms with Gasteiger partial charge in [-0.1, -0.05) is 0 Å². The minimum Gasteiger partial charge on any atom is -0.481 e. The average Bonchev–Trinajstić information content (AvgIpc) is 2.14. The van der Waals surface area contributed by atoms with E-state index >= 15 is 0 Å². The van der Waals surface area contributed by atoms with Crippen LogP contribution in [0.5, 0.6) is 0 Å². The monoisotopic (exact) mass is 247 g/mol. The first-order chi connectivity index (χ1) is 7.74. The topological polar surface area (TPSA) is 84.9 Å². The van der Waals surface area contributed by atoms with Gasteiger partial charge in [0.25, 0.3) is 0 Å². The summed E-state index contributed by atoms with van der Waals surface area (Å²) in [4.78, 5) is 21.7. The maximum atomic E-state index is 11.3. The quantitative estimate of drug-likeness (QED) is 0.741. The van der Waals surface area contributed by atoms with Crippen LogP contribution in [0.25, 0.3) is 0 Å². The molecule has 0 heterocycles. The van der Waals surface area contributed by atoms with Crippen molar-refractivity contribution < 1.29 is 24.2 Å². The summed E-state index contributed by atoms with van der Waals surface area (Å²) in [7, 11) is 1.48. The number of aliphatic carboxylic acids is 1. The van der Waals surface area contributed by atoms with E-state index in [-0.39, 0.29) is 19.1 Å². The number of nitrogens with one attached hydrogen (secondary N) is 1. The number of carboxylic acids is 1. The van der Waals surface area contributed by atoms with Crippen LogP contribution >= 0.6 is 0 Å². The second-order valence-corrected chi connectivity index (χ2v) is 4.67. The third-order valence-corrected chi connectivity index (χ3v) is 1.89. The van der Waals surface area contributed by atoms with Crippen LogP contribution in [0, 0.1) is 0 Å². The molecular weight excluding hydrogens is 226 g/mol. The average molecular weight is 247 g/mol. The summed E-state index contributed by atoms with van der Waals surface area (Å²) in [5, 5.41) is 11.1. The summed E-state index contributed by atoms with van der Waals surface area (Å²) >= 11 is 0. The summed E-state index contributed by atoms with van der Waals surface area (Å²) in [5.74, 6) is -0.885. The van der Waals surface area contributed by atoms with Crippen LogP contribution in [-0.2, 0) is 14.3 Å². The lowest BCUT2D eigenvalue weighted by Crippen LogP contribution is -2.37. The molecule has 0 radical (unpaired) electrons. The highest BCUT2D eigenvalue weighted by Gasteiger charge is 2.17. The number of carbonyl (C=O) groups excluding carboxylic acids is 1. The molecule has 100 valence electrons. The van der Waals surface area contributed by atoms with Crippen LogP contribution in [0.4, 0.5) is 4.79 Å². The molecule has 1 unspecified atom stereocenters. The van der Waals surface area contributed by atoms with Gasteiger partial charge in [-0.25, -0.2) is 4.79 Å². The van der Waals surface area contributed by atoms with Crippen LogP contribution in [0.2, 0.25) is 0 Å². The number of alkyl carbamates (subject to hydrolysis) is 1. The van der Waals surface area contributed by atoms with Crippen molar-refractivity contribution in [2.75, 3.05) is 13.7 Å². The number of carbonyl (C=O) groups is 2. The molecular formula is C11H21NO5. The fraction of sp³-hybridized carbons (Fsp3) is 0.818. The number of ether oxygens (including phenoxy) is 2. The summed E-state index contributed by atoms with van der Waals surface area (Å²) in [6.07, 6.45) is -0.496. The van der Waals surface area contributed by atoms with Gasteiger partial charge in [-0.2, -0.15) is 0 Å². The Bertz CT molecular complexity index is 259. The van der Waals surface area contributed by atoms with E-state index < -0.39 is 17.7 Å². The van der Waals surface area contributed by atoms with Gasteiger partial charge in [0.1, 0.15) is 5.60 Å². The molecule has 2 N–H and O–H groups in total. The van der Waals surface area contributed by atoms with Gasteiger partial charge < -0.3 is 19.9 Å². The Morgan fingerprint density at radius 1 is 1.35 bits per heavy atom. The molecule has 0 aliphatic carbocycles. The van der Waals surface area contributed by atoms with Crippen LogP contribution in [-0.4, -0.2) is 42.5 Å². The lowest BCUT2D eigenvalue weighted by molar-refractivity contribution is -0.137.